The van der Waals surface area contributed by atoms with Crippen molar-refractivity contribution in [2.75, 3.05) is 0 Å². The molecule has 0 saturated heterocycles. The van der Waals surface area contributed by atoms with Crippen molar-refractivity contribution in [3.05, 3.63) is 27.4 Å². The summed E-state index contributed by atoms with van der Waals surface area (Å²) in [7, 11) is 0. The lowest BCUT2D eigenvalue weighted by Gasteiger charge is -1.95. The molecule has 0 aromatic carbocycles. The second-order valence-corrected chi connectivity index (χ2v) is 5.40. The van der Waals surface area contributed by atoms with Gasteiger partial charge >= 0.3 is 5.97 Å². The number of aromatic nitrogens is 1. The zero-order chi connectivity index (χ0) is 11.5. The molecule has 0 radical (unpaired) electrons. The highest BCUT2D eigenvalue weighted by Gasteiger charge is 2.15. The van der Waals surface area contributed by atoms with Crippen LogP contribution in [0.4, 0.5) is 0 Å². The first-order chi connectivity index (χ1) is 7.70. The summed E-state index contributed by atoms with van der Waals surface area (Å²) in [5.74, 6) is -0.802. The van der Waals surface area contributed by atoms with E-state index in [0.717, 1.165) is 26.9 Å². The number of aliphatic carboxylic acids is 1. The molecular formula is C11H11NO2S2. The molecule has 0 unspecified atom stereocenters. The summed E-state index contributed by atoms with van der Waals surface area (Å²) in [6.07, 6.45) is 0.910. The summed E-state index contributed by atoms with van der Waals surface area (Å²) in [5, 5.41) is 11.8. The number of carbonyl (C=O) groups is 1. The Labute approximate surface area is 101 Å². The van der Waals surface area contributed by atoms with E-state index in [-0.39, 0.29) is 6.42 Å². The summed E-state index contributed by atoms with van der Waals surface area (Å²) in [4.78, 5) is 17.2. The predicted molar refractivity (Wildman–Crippen MR) is 66.1 cm³/mol. The number of carboxylic acids is 1. The van der Waals surface area contributed by atoms with E-state index in [1.165, 1.54) is 11.3 Å². The normalized spacial score (nSPS) is 10.6. The number of thiophene rings is 1. The van der Waals surface area contributed by atoms with Crippen LogP contribution in [0.5, 0.6) is 0 Å². The summed E-state index contributed by atoms with van der Waals surface area (Å²) in [6, 6.07) is 3.93. The van der Waals surface area contributed by atoms with Crippen molar-refractivity contribution >= 4 is 28.6 Å². The van der Waals surface area contributed by atoms with Crippen molar-refractivity contribution in [2.45, 2.75) is 19.8 Å². The summed E-state index contributed by atoms with van der Waals surface area (Å²) in [5.41, 5.74) is 0.847. The van der Waals surface area contributed by atoms with Crippen LogP contribution >= 0.6 is 22.7 Å². The fourth-order valence-electron chi connectivity index (χ4n) is 1.41. The number of hydrogen-bond donors (Lipinski definition) is 1. The van der Waals surface area contributed by atoms with Crippen LogP contribution in [-0.2, 0) is 17.6 Å². The zero-order valence-electron chi connectivity index (χ0n) is 8.77. The average Bonchev–Trinajstić information content (AvgIpc) is 2.84. The molecule has 0 amide bonds. The van der Waals surface area contributed by atoms with Crippen LogP contribution < -0.4 is 0 Å². The molecule has 0 aliphatic carbocycles. The van der Waals surface area contributed by atoms with Gasteiger partial charge in [-0.1, -0.05) is 13.0 Å². The molecule has 0 fully saturated rings. The summed E-state index contributed by atoms with van der Waals surface area (Å²) in [6.45, 7) is 2.03. The number of carboxylic acid groups (broad SMARTS) is 1. The predicted octanol–water partition coefficient (Wildman–Crippen LogP) is 3.06. The number of hydrogen-bond acceptors (Lipinski definition) is 4. The van der Waals surface area contributed by atoms with Crippen molar-refractivity contribution in [2.24, 2.45) is 0 Å². The number of nitrogens with zero attached hydrogens (tertiary/aromatic N) is 1. The maximum absolute atomic E-state index is 10.8. The maximum atomic E-state index is 10.8. The largest absolute Gasteiger partial charge is 0.481 e. The van der Waals surface area contributed by atoms with Gasteiger partial charge in [0.05, 0.1) is 22.0 Å². The van der Waals surface area contributed by atoms with Gasteiger partial charge in [-0.3, -0.25) is 4.79 Å². The van der Waals surface area contributed by atoms with Crippen LogP contribution in [-0.4, -0.2) is 16.1 Å². The van der Waals surface area contributed by atoms with Gasteiger partial charge in [0, 0.05) is 4.88 Å². The average molecular weight is 253 g/mol. The van der Waals surface area contributed by atoms with E-state index in [0.29, 0.717) is 0 Å². The number of rotatable bonds is 4. The molecule has 2 aromatic rings. The Hall–Kier alpha value is -1.20. The van der Waals surface area contributed by atoms with Gasteiger partial charge in [0.1, 0.15) is 0 Å². The van der Waals surface area contributed by atoms with Crippen LogP contribution in [0.2, 0.25) is 0 Å². The summed E-state index contributed by atoms with van der Waals surface area (Å²) >= 11 is 3.09. The summed E-state index contributed by atoms with van der Waals surface area (Å²) < 4.78 is 0. The lowest BCUT2D eigenvalue weighted by molar-refractivity contribution is -0.136. The molecule has 0 saturated carbocycles. The minimum atomic E-state index is -0.802. The van der Waals surface area contributed by atoms with Crippen molar-refractivity contribution in [1.29, 1.82) is 0 Å². The van der Waals surface area contributed by atoms with Crippen molar-refractivity contribution in [3.8, 4) is 10.6 Å². The van der Waals surface area contributed by atoms with E-state index >= 15 is 0 Å². The van der Waals surface area contributed by atoms with Gasteiger partial charge in [0.2, 0.25) is 0 Å². The zero-order valence-corrected chi connectivity index (χ0v) is 10.4. The highest BCUT2D eigenvalue weighted by molar-refractivity contribution is 7.15. The second kappa shape index (κ2) is 4.76. The Morgan fingerprint density at radius 3 is 2.94 bits per heavy atom. The fourth-order valence-corrected chi connectivity index (χ4v) is 3.23. The van der Waals surface area contributed by atoms with Crippen LogP contribution in [0.25, 0.3) is 10.6 Å². The number of aryl methyl sites for hydroxylation is 1. The molecule has 2 heterocycles. The molecule has 5 heteroatoms. The molecule has 2 rings (SSSR count). The van der Waals surface area contributed by atoms with E-state index in [4.69, 9.17) is 5.11 Å². The molecular weight excluding hydrogens is 242 g/mol. The van der Waals surface area contributed by atoms with Gasteiger partial charge in [-0.15, -0.1) is 22.7 Å². The van der Waals surface area contributed by atoms with Crippen LogP contribution in [0.1, 0.15) is 16.8 Å². The van der Waals surface area contributed by atoms with Crippen LogP contribution in [0.3, 0.4) is 0 Å². The Morgan fingerprint density at radius 1 is 1.56 bits per heavy atom. The van der Waals surface area contributed by atoms with E-state index in [2.05, 4.69) is 4.98 Å². The third-order valence-electron chi connectivity index (χ3n) is 2.11. The molecule has 16 heavy (non-hydrogen) atoms. The quantitative estimate of drug-likeness (QED) is 0.911. The third-order valence-corrected chi connectivity index (χ3v) is 4.19. The molecule has 0 spiro atoms. The van der Waals surface area contributed by atoms with Crippen molar-refractivity contribution in [1.82, 2.24) is 4.98 Å². The topological polar surface area (TPSA) is 50.2 Å². The van der Waals surface area contributed by atoms with Gasteiger partial charge in [-0.2, -0.15) is 0 Å². The van der Waals surface area contributed by atoms with Gasteiger partial charge in [-0.05, 0) is 17.9 Å². The Kier molecular flexibility index (Phi) is 3.36. The highest BCUT2D eigenvalue weighted by Crippen LogP contribution is 2.31. The molecule has 84 valence electrons. The maximum Gasteiger partial charge on any atom is 0.308 e. The molecule has 0 bridgehead atoms. The third kappa shape index (κ3) is 2.31. The van der Waals surface area contributed by atoms with Gasteiger partial charge < -0.3 is 5.11 Å². The van der Waals surface area contributed by atoms with E-state index in [1.807, 2.05) is 24.4 Å². The van der Waals surface area contributed by atoms with Crippen molar-refractivity contribution in [3.63, 3.8) is 0 Å². The smallest absolute Gasteiger partial charge is 0.308 e. The molecule has 3 nitrogen and oxygen atoms in total. The minimum Gasteiger partial charge on any atom is -0.481 e. The molecule has 2 aromatic heterocycles. The van der Waals surface area contributed by atoms with E-state index in [1.54, 1.807) is 11.3 Å². The Morgan fingerprint density at radius 2 is 2.38 bits per heavy atom. The Balaban J connectivity index is 2.42. The standard InChI is InChI=1S/C11H11NO2S2/c1-2-9-12-11(7-4-3-5-15-7)8(16-9)6-10(13)14/h3-5H,2,6H2,1H3,(H,13,14). The lowest BCUT2D eigenvalue weighted by Crippen LogP contribution is -1.98. The first-order valence-electron chi connectivity index (χ1n) is 4.95. The lowest BCUT2D eigenvalue weighted by atomic mass is 10.2. The minimum absolute atomic E-state index is 0.0604. The SMILES string of the molecule is CCc1nc(-c2cccs2)c(CC(=O)O)s1. The van der Waals surface area contributed by atoms with Gasteiger partial charge in [0.15, 0.2) is 0 Å². The van der Waals surface area contributed by atoms with E-state index < -0.39 is 5.97 Å². The van der Waals surface area contributed by atoms with Crippen LogP contribution in [0.15, 0.2) is 17.5 Å². The molecule has 0 aliphatic heterocycles. The fraction of sp³-hybridized carbons (Fsp3) is 0.273. The number of thiazole rings is 1. The second-order valence-electron chi connectivity index (χ2n) is 3.28. The van der Waals surface area contributed by atoms with Crippen LogP contribution in [0, 0.1) is 0 Å². The van der Waals surface area contributed by atoms with Gasteiger partial charge in [-0.25, -0.2) is 4.98 Å². The molecule has 0 atom stereocenters. The highest BCUT2D eigenvalue weighted by atomic mass is 32.1. The van der Waals surface area contributed by atoms with E-state index in [9.17, 15) is 4.79 Å². The molecule has 0 aliphatic rings. The monoisotopic (exact) mass is 253 g/mol. The van der Waals surface area contributed by atoms with Crippen molar-refractivity contribution < 1.29 is 9.90 Å². The Bertz CT molecular complexity index is 488. The van der Waals surface area contributed by atoms with Gasteiger partial charge in [0.25, 0.3) is 0 Å². The molecule has 1 N–H and O–H groups in total. The first kappa shape index (κ1) is 11.3. The first-order valence-corrected chi connectivity index (χ1v) is 6.64.